The third-order valence-electron chi connectivity index (χ3n) is 4.80. The quantitative estimate of drug-likeness (QED) is 0.620. The van der Waals surface area contributed by atoms with Gasteiger partial charge in [-0.1, -0.05) is 11.6 Å². The minimum Gasteiger partial charge on any atom is -0.488 e. The predicted octanol–water partition coefficient (Wildman–Crippen LogP) is 5.22. The fourth-order valence-electron chi connectivity index (χ4n) is 3.31. The molecule has 1 aromatic carbocycles. The number of rotatable bonds is 4. The van der Waals surface area contributed by atoms with E-state index in [9.17, 15) is 9.50 Å². The molecule has 0 aliphatic heterocycles. The van der Waals surface area contributed by atoms with E-state index in [1.807, 2.05) is 6.92 Å². The van der Waals surface area contributed by atoms with Crippen LogP contribution in [0.1, 0.15) is 31.2 Å². The molecular formula is C19H19ClFN3O2S. The Labute approximate surface area is 165 Å². The molecule has 1 aliphatic rings. The van der Waals surface area contributed by atoms with Crippen molar-refractivity contribution in [2.75, 3.05) is 5.32 Å². The van der Waals surface area contributed by atoms with Crippen molar-refractivity contribution in [1.29, 1.82) is 0 Å². The number of nitrogens with one attached hydrogen (secondary N) is 1. The van der Waals surface area contributed by atoms with Crippen molar-refractivity contribution in [3.05, 3.63) is 40.2 Å². The first-order chi connectivity index (χ1) is 13.0. The molecule has 2 N–H and O–H groups in total. The molecule has 0 radical (unpaired) electrons. The summed E-state index contributed by atoms with van der Waals surface area (Å²) in [6.45, 7) is 1.92. The van der Waals surface area contributed by atoms with Crippen LogP contribution in [0.15, 0.2) is 24.5 Å². The number of thiophene rings is 1. The van der Waals surface area contributed by atoms with Crippen LogP contribution < -0.4 is 10.1 Å². The number of aliphatic hydroxyl groups excluding tert-OH is 1. The van der Waals surface area contributed by atoms with E-state index in [0.29, 0.717) is 34.4 Å². The van der Waals surface area contributed by atoms with E-state index in [0.717, 1.165) is 28.6 Å². The molecule has 8 heteroatoms. The van der Waals surface area contributed by atoms with Gasteiger partial charge in [0.15, 0.2) is 0 Å². The lowest BCUT2D eigenvalue weighted by molar-refractivity contribution is 0.0668. The van der Waals surface area contributed by atoms with Crippen LogP contribution in [0, 0.1) is 12.7 Å². The monoisotopic (exact) mass is 407 g/mol. The molecule has 0 unspecified atom stereocenters. The summed E-state index contributed by atoms with van der Waals surface area (Å²) in [5.74, 6) is 0.673. The molecule has 27 heavy (non-hydrogen) atoms. The van der Waals surface area contributed by atoms with Gasteiger partial charge >= 0.3 is 0 Å². The molecule has 4 rings (SSSR count). The van der Waals surface area contributed by atoms with Gasteiger partial charge in [-0.2, -0.15) is 0 Å². The lowest BCUT2D eigenvalue weighted by Gasteiger charge is -2.27. The fourth-order valence-corrected chi connectivity index (χ4v) is 4.50. The van der Waals surface area contributed by atoms with E-state index in [2.05, 4.69) is 15.3 Å². The number of aromatic nitrogens is 2. The van der Waals surface area contributed by atoms with Gasteiger partial charge in [-0.15, -0.1) is 11.3 Å². The minimum absolute atomic E-state index is 0.0431. The second-order valence-electron chi connectivity index (χ2n) is 6.72. The Hall–Kier alpha value is -1.96. The summed E-state index contributed by atoms with van der Waals surface area (Å²) < 4.78 is 20.6. The summed E-state index contributed by atoms with van der Waals surface area (Å²) in [6.07, 6.45) is 4.05. The molecule has 5 nitrogen and oxygen atoms in total. The SMILES string of the molecule is Cc1c(Cl)sc2ncnc(Nc3ccc(F)cc3OC3CCC(O)CC3)c12. The average Bonchev–Trinajstić information content (AvgIpc) is 2.94. The molecule has 0 bridgehead atoms. The first kappa shape index (κ1) is 18.4. The van der Waals surface area contributed by atoms with Crippen LogP contribution >= 0.6 is 22.9 Å². The van der Waals surface area contributed by atoms with Crippen molar-refractivity contribution in [2.45, 2.75) is 44.8 Å². The molecule has 142 valence electrons. The highest BCUT2D eigenvalue weighted by Gasteiger charge is 2.22. The summed E-state index contributed by atoms with van der Waals surface area (Å²) in [4.78, 5) is 9.40. The Morgan fingerprint density at radius 3 is 2.81 bits per heavy atom. The molecular weight excluding hydrogens is 389 g/mol. The maximum Gasteiger partial charge on any atom is 0.146 e. The summed E-state index contributed by atoms with van der Waals surface area (Å²) in [5.41, 5.74) is 1.54. The van der Waals surface area contributed by atoms with E-state index < -0.39 is 0 Å². The van der Waals surface area contributed by atoms with Crippen LogP contribution in [-0.4, -0.2) is 27.3 Å². The number of anilines is 2. The third kappa shape index (κ3) is 3.85. The number of fused-ring (bicyclic) bond motifs is 1. The van der Waals surface area contributed by atoms with E-state index >= 15 is 0 Å². The highest BCUT2D eigenvalue weighted by Crippen LogP contribution is 2.39. The fraction of sp³-hybridized carbons (Fsp3) is 0.368. The molecule has 0 amide bonds. The van der Waals surface area contributed by atoms with Crippen LogP contribution in [0.5, 0.6) is 5.75 Å². The number of aliphatic hydroxyl groups is 1. The molecule has 1 saturated carbocycles. The number of ether oxygens (including phenoxy) is 1. The van der Waals surface area contributed by atoms with Crippen molar-refractivity contribution in [1.82, 2.24) is 9.97 Å². The zero-order valence-electron chi connectivity index (χ0n) is 14.7. The average molecular weight is 408 g/mol. The van der Waals surface area contributed by atoms with Gasteiger partial charge < -0.3 is 15.2 Å². The van der Waals surface area contributed by atoms with Crippen molar-refractivity contribution < 1.29 is 14.2 Å². The molecule has 3 aromatic rings. The molecule has 0 spiro atoms. The smallest absolute Gasteiger partial charge is 0.146 e. The van der Waals surface area contributed by atoms with Gasteiger partial charge in [-0.05, 0) is 50.3 Å². The standard InChI is InChI=1S/C19H19ClFN3O2S/c1-10-16-18(22-9-23-19(16)27-17(10)20)24-14-7-2-11(21)8-15(14)26-13-5-3-12(25)4-6-13/h2,7-9,12-13,25H,3-6H2,1H3,(H,22,23,24). The Bertz CT molecular complexity index is 973. The number of aryl methyl sites for hydroxylation is 1. The topological polar surface area (TPSA) is 67.3 Å². The molecule has 0 atom stereocenters. The van der Waals surface area contributed by atoms with Crippen molar-refractivity contribution in [3.8, 4) is 5.75 Å². The summed E-state index contributed by atoms with van der Waals surface area (Å²) >= 11 is 7.65. The highest BCUT2D eigenvalue weighted by atomic mass is 35.5. The van der Waals surface area contributed by atoms with Crippen molar-refractivity contribution in [3.63, 3.8) is 0 Å². The van der Waals surface area contributed by atoms with Gasteiger partial charge in [-0.25, -0.2) is 14.4 Å². The molecule has 1 aliphatic carbocycles. The molecule has 0 saturated heterocycles. The Kier molecular flexibility index (Phi) is 5.16. The summed E-state index contributed by atoms with van der Waals surface area (Å²) in [5, 5.41) is 13.8. The van der Waals surface area contributed by atoms with Gasteiger partial charge in [-0.3, -0.25) is 0 Å². The first-order valence-corrected chi connectivity index (χ1v) is 10.0. The van der Waals surface area contributed by atoms with Gasteiger partial charge in [0.2, 0.25) is 0 Å². The second-order valence-corrected chi connectivity index (χ2v) is 8.32. The Morgan fingerprint density at radius 1 is 1.26 bits per heavy atom. The van der Waals surface area contributed by atoms with Crippen LogP contribution in [0.25, 0.3) is 10.2 Å². The molecule has 2 aromatic heterocycles. The van der Waals surface area contributed by atoms with Crippen LogP contribution in [-0.2, 0) is 0 Å². The number of hydrogen-bond acceptors (Lipinski definition) is 6. The maximum atomic E-state index is 13.8. The maximum absolute atomic E-state index is 13.8. The van der Waals surface area contributed by atoms with Gasteiger partial charge in [0.1, 0.15) is 28.5 Å². The third-order valence-corrected chi connectivity index (χ3v) is 6.31. The van der Waals surface area contributed by atoms with E-state index in [1.54, 1.807) is 6.07 Å². The lowest BCUT2D eigenvalue weighted by Crippen LogP contribution is -2.26. The minimum atomic E-state index is -0.367. The second kappa shape index (κ2) is 7.58. The van der Waals surface area contributed by atoms with E-state index in [-0.39, 0.29) is 18.0 Å². The van der Waals surface area contributed by atoms with Gasteiger partial charge in [0.25, 0.3) is 0 Å². The van der Waals surface area contributed by atoms with Gasteiger partial charge in [0.05, 0.1) is 27.6 Å². The zero-order chi connectivity index (χ0) is 19.0. The van der Waals surface area contributed by atoms with Crippen LogP contribution in [0.2, 0.25) is 4.34 Å². The zero-order valence-corrected chi connectivity index (χ0v) is 16.3. The number of hydrogen-bond donors (Lipinski definition) is 2. The number of halogens is 2. The number of nitrogens with zero attached hydrogens (tertiary/aromatic N) is 2. The van der Waals surface area contributed by atoms with Crippen molar-refractivity contribution >= 4 is 44.7 Å². The largest absolute Gasteiger partial charge is 0.488 e. The highest BCUT2D eigenvalue weighted by molar-refractivity contribution is 7.22. The van der Waals surface area contributed by atoms with E-state index in [4.69, 9.17) is 16.3 Å². The Morgan fingerprint density at radius 2 is 2.04 bits per heavy atom. The summed E-state index contributed by atoms with van der Waals surface area (Å²) in [7, 11) is 0. The van der Waals surface area contributed by atoms with Crippen LogP contribution in [0.3, 0.4) is 0 Å². The first-order valence-electron chi connectivity index (χ1n) is 8.82. The van der Waals surface area contributed by atoms with Gasteiger partial charge in [0, 0.05) is 6.07 Å². The predicted molar refractivity (Wildman–Crippen MR) is 106 cm³/mol. The van der Waals surface area contributed by atoms with Crippen LogP contribution in [0.4, 0.5) is 15.9 Å². The lowest BCUT2D eigenvalue weighted by atomic mass is 9.95. The Balaban J connectivity index is 1.65. The normalized spacial score (nSPS) is 20.0. The van der Waals surface area contributed by atoms with E-state index in [1.165, 1.54) is 29.8 Å². The molecule has 1 fully saturated rings. The number of benzene rings is 1. The molecule has 2 heterocycles. The van der Waals surface area contributed by atoms with Crippen molar-refractivity contribution in [2.24, 2.45) is 0 Å². The summed E-state index contributed by atoms with van der Waals surface area (Å²) in [6, 6.07) is 4.39.